The SMILES string of the molecule is CCCN1CCC(CNC(=NCc2ccc(F)c(C)c2)NCC)C1.I. The number of halogens is 2. The zero-order valence-corrected chi connectivity index (χ0v) is 18.0. The maximum Gasteiger partial charge on any atom is 0.191 e. The van der Waals surface area contributed by atoms with Gasteiger partial charge in [-0.05, 0) is 62.9 Å². The molecule has 1 heterocycles. The van der Waals surface area contributed by atoms with E-state index in [1.165, 1.54) is 38.5 Å². The summed E-state index contributed by atoms with van der Waals surface area (Å²) in [5.74, 6) is 1.37. The second-order valence-corrected chi connectivity index (χ2v) is 6.61. The van der Waals surface area contributed by atoms with Crippen molar-refractivity contribution in [3.05, 3.63) is 35.1 Å². The van der Waals surface area contributed by atoms with E-state index in [0.717, 1.165) is 24.6 Å². The van der Waals surface area contributed by atoms with Gasteiger partial charge in [-0.1, -0.05) is 19.1 Å². The first-order valence-corrected chi connectivity index (χ1v) is 9.12. The Hall–Kier alpha value is -0.890. The molecular weight excluding hydrogens is 430 g/mol. The van der Waals surface area contributed by atoms with Crippen molar-refractivity contribution in [2.24, 2.45) is 10.9 Å². The molecule has 1 saturated heterocycles. The number of aliphatic imine (C=N–C) groups is 1. The molecule has 142 valence electrons. The van der Waals surface area contributed by atoms with Crippen molar-refractivity contribution in [2.45, 2.75) is 40.2 Å². The second-order valence-electron chi connectivity index (χ2n) is 6.61. The summed E-state index contributed by atoms with van der Waals surface area (Å²) in [4.78, 5) is 7.17. The van der Waals surface area contributed by atoms with Crippen molar-refractivity contribution < 1.29 is 4.39 Å². The molecule has 2 N–H and O–H groups in total. The van der Waals surface area contributed by atoms with Crippen molar-refractivity contribution in [1.82, 2.24) is 15.5 Å². The molecule has 6 heteroatoms. The van der Waals surface area contributed by atoms with Crippen LogP contribution in [-0.4, -0.2) is 43.6 Å². The van der Waals surface area contributed by atoms with Gasteiger partial charge in [-0.25, -0.2) is 9.38 Å². The lowest BCUT2D eigenvalue weighted by atomic mass is 10.1. The van der Waals surface area contributed by atoms with Crippen LogP contribution in [0.25, 0.3) is 0 Å². The van der Waals surface area contributed by atoms with E-state index in [-0.39, 0.29) is 29.8 Å². The molecule has 0 radical (unpaired) electrons. The molecule has 1 aliphatic heterocycles. The van der Waals surface area contributed by atoms with Gasteiger partial charge in [-0.15, -0.1) is 24.0 Å². The van der Waals surface area contributed by atoms with Crippen molar-refractivity contribution in [3.63, 3.8) is 0 Å². The molecule has 1 fully saturated rings. The zero-order valence-electron chi connectivity index (χ0n) is 15.6. The third-order valence-electron chi connectivity index (χ3n) is 4.45. The molecule has 1 aliphatic rings. The number of likely N-dealkylation sites (tertiary alicyclic amines) is 1. The van der Waals surface area contributed by atoms with E-state index in [2.05, 4.69) is 34.4 Å². The van der Waals surface area contributed by atoms with E-state index in [9.17, 15) is 4.39 Å². The van der Waals surface area contributed by atoms with Gasteiger partial charge in [0.2, 0.25) is 0 Å². The van der Waals surface area contributed by atoms with Crippen LogP contribution in [0, 0.1) is 18.7 Å². The van der Waals surface area contributed by atoms with Crippen LogP contribution in [-0.2, 0) is 6.54 Å². The van der Waals surface area contributed by atoms with Crippen molar-refractivity contribution in [3.8, 4) is 0 Å². The molecule has 0 saturated carbocycles. The smallest absolute Gasteiger partial charge is 0.191 e. The highest BCUT2D eigenvalue weighted by Crippen LogP contribution is 2.15. The Bertz CT molecular complexity index is 550. The molecule has 0 amide bonds. The quantitative estimate of drug-likeness (QED) is 0.370. The minimum atomic E-state index is -0.161. The van der Waals surface area contributed by atoms with Gasteiger partial charge in [0.15, 0.2) is 5.96 Å². The lowest BCUT2D eigenvalue weighted by Gasteiger charge is -2.17. The fraction of sp³-hybridized carbons (Fsp3) is 0.632. The minimum Gasteiger partial charge on any atom is -0.357 e. The molecule has 1 aromatic carbocycles. The predicted molar refractivity (Wildman–Crippen MR) is 114 cm³/mol. The van der Waals surface area contributed by atoms with Gasteiger partial charge in [0.1, 0.15) is 5.82 Å². The number of benzene rings is 1. The molecule has 1 aromatic rings. The average molecular weight is 462 g/mol. The molecule has 25 heavy (non-hydrogen) atoms. The predicted octanol–water partition coefficient (Wildman–Crippen LogP) is 3.54. The van der Waals surface area contributed by atoms with Gasteiger partial charge in [0.25, 0.3) is 0 Å². The first-order chi connectivity index (χ1) is 11.6. The molecule has 2 rings (SSSR count). The van der Waals surface area contributed by atoms with Crippen molar-refractivity contribution in [1.29, 1.82) is 0 Å². The average Bonchev–Trinajstić information content (AvgIpc) is 3.01. The first kappa shape index (κ1) is 22.2. The third-order valence-corrected chi connectivity index (χ3v) is 4.45. The molecule has 4 nitrogen and oxygen atoms in total. The van der Waals surface area contributed by atoms with Crippen LogP contribution in [0.2, 0.25) is 0 Å². The third kappa shape index (κ3) is 7.48. The molecule has 1 unspecified atom stereocenters. The highest BCUT2D eigenvalue weighted by molar-refractivity contribution is 14.0. The van der Waals surface area contributed by atoms with Gasteiger partial charge >= 0.3 is 0 Å². The van der Waals surface area contributed by atoms with E-state index in [4.69, 9.17) is 0 Å². The minimum absolute atomic E-state index is 0. The van der Waals surface area contributed by atoms with Crippen LogP contribution in [0.4, 0.5) is 4.39 Å². The van der Waals surface area contributed by atoms with Crippen LogP contribution >= 0.6 is 24.0 Å². The Kier molecular flexibility index (Phi) is 10.3. The summed E-state index contributed by atoms with van der Waals surface area (Å²) < 4.78 is 13.3. The van der Waals surface area contributed by atoms with Crippen LogP contribution in [0.5, 0.6) is 0 Å². The molecule has 1 atom stereocenters. The van der Waals surface area contributed by atoms with Gasteiger partial charge < -0.3 is 15.5 Å². The Balaban J connectivity index is 0.00000312. The summed E-state index contributed by atoms with van der Waals surface area (Å²) in [6, 6.07) is 5.18. The Morgan fingerprint density at radius 3 is 2.80 bits per heavy atom. The lowest BCUT2D eigenvalue weighted by Crippen LogP contribution is -2.40. The Morgan fingerprint density at radius 2 is 2.12 bits per heavy atom. The Labute approximate surface area is 168 Å². The molecular formula is C19H32FIN4. The maximum absolute atomic E-state index is 13.3. The lowest BCUT2D eigenvalue weighted by molar-refractivity contribution is 0.324. The van der Waals surface area contributed by atoms with Crippen LogP contribution in [0.3, 0.4) is 0 Å². The number of aryl methyl sites for hydroxylation is 1. The summed E-state index contributed by atoms with van der Waals surface area (Å²) in [6.07, 6.45) is 2.48. The highest BCUT2D eigenvalue weighted by atomic mass is 127. The molecule has 0 bridgehead atoms. The van der Waals surface area contributed by atoms with E-state index in [1.54, 1.807) is 13.0 Å². The topological polar surface area (TPSA) is 39.7 Å². The normalized spacial score (nSPS) is 18.1. The highest BCUT2D eigenvalue weighted by Gasteiger charge is 2.21. The number of hydrogen-bond donors (Lipinski definition) is 2. The first-order valence-electron chi connectivity index (χ1n) is 9.12. The number of nitrogens with zero attached hydrogens (tertiary/aromatic N) is 2. The van der Waals surface area contributed by atoms with Gasteiger partial charge in [-0.2, -0.15) is 0 Å². The molecule has 0 aliphatic carbocycles. The maximum atomic E-state index is 13.3. The number of rotatable bonds is 7. The summed E-state index contributed by atoms with van der Waals surface area (Å²) >= 11 is 0. The van der Waals surface area contributed by atoms with E-state index in [0.29, 0.717) is 18.0 Å². The van der Waals surface area contributed by atoms with Crippen LogP contribution in [0.1, 0.15) is 37.8 Å². The van der Waals surface area contributed by atoms with E-state index < -0.39 is 0 Å². The van der Waals surface area contributed by atoms with Gasteiger partial charge in [0.05, 0.1) is 6.54 Å². The standard InChI is InChI=1S/C19H31FN4.HI/c1-4-9-24-10-8-17(14-24)13-23-19(21-5-2)22-12-16-6-7-18(20)15(3)11-16;/h6-7,11,17H,4-5,8-10,12-14H2,1-3H3,(H2,21,22,23);1H. The van der Waals surface area contributed by atoms with Crippen molar-refractivity contribution >= 4 is 29.9 Å². The fourth-order valence-electron chi connectivity index (χ4n) is 3.16. The van der Waals surface area contributed by atoms with E-state index in [1.807, 2.05) is 6.07 Å². The summed E-state index contributed by atoms with van der Waals surface area (Å²) in [5.41, 5.74) is 1.70. The summed E-state index contributed by atoms with van der Waals surface area (Å²) in [7, 11) is 0. The van der Waals surface area contributed by atoms with Crippen molar-refractivity contribution in [2.75, 3.05) is 32.7 Å². The van der Waals surface area contributed by atoms with Gasteiger partial charge in [-0.3, -0.25) is 0 Å². The van der Waals surface area contributed by atoms with E-state index >= 15 is 0 Å². The zero-order chi connectivity index (χ0) is 17.4. The molecule has 0 aromatic heterocycles. The van der Waals surface area contributed by atoms with Crippen LogP contribution in [0.15, 0.2) is 23.2 Å². The second kappa shape index (κ2) is 11.7. The number of guanidine groups is 1. The van der Waals surface area contributed by atoms with Crippen LogP contribution < -0.4 is 10.6 Å². The van der Waals surface area contributed by atoms with Gasteiger partial charge in [0, 0.05) is 19.6 Å². The number of nitrogens with one attached hydrogen (secondary N) is 2. The summed E-state index contributed by atoms with van der Waals surface area (Å²) in [6.45, 7) is 12.0. The number of hydrogen-bond acceptors (Lipinski definition) is 2. The Morgan fingerprint density at radius 1 is 1.32 bits per heavy atom. The summed E-state index contributed by atoms with van der Waals surface area (Å²) in [5, 5.41) is 6.75. The molecule has 0 spiro atoms. The largest absolute Gasteiger partial charge is 0.357 e. The monoisotopic (exact) mass is 462 g/mol. The fourth-order valence-corrected chi connectivity index (χ4v) is 3.16.